The van der Waals surface area contributed by atoms with Crippen LogP contribution in [0.4, 0.5) is 0 Å². The Bertz CT molecular complexity index is 342. The molecule has 1 aliphatic heterocycles. The number of rotatable bonds is 7. The molecule has 0 aromatic rings. The molecule has 0 bridgehead atoms. The van der Waals surface area contributed by atoms with Gasteiger partial charge in [-0.2, -0.15) is 0 Å². The van der Waals surface area contributed by atoms with Gasteiger partial charge in [-0.3, -0.25) is 4.90 Å². The van der Waals surface area contributed by atoms with E-state index in [1.54, 1.807) is 7.11 Å². The summed E-state index contributed by atoms with van der Waals surface area (Å²) in [6.45, 7) is 9.50. The second-order valence-corrected chi connectivity index (χ2v) is 5.13. The number of likely N-dealkylation sites (tertiary alicyclic amines) is 1. The largest absolute Gasteiger partial charge is 0.393 e. The van der Waals surface area contributed by atoms with Crippen LogP contribution in [0.2, 0.25) is 0 Å². The highest BCUT2D eigenvalue weighted by Gasteiger charge is 2.24. The lowest BCUT2D eigenvalue weighted by Gasteiger charge is -2.22. The third-order valence-electron chi connectivity index (χ3n) is 3.31. The first kappa shape index (κ1) is 16.0. The number of nitrogens with zero attached hydrogens (tertiary/aromatic N) is 2. The Morgan fingerprint density at radius 2 is 2.26 bits per heavy atom. The molecule has 19 heavy (non-hydrogen) atoms. The van der Waals surface area contributed by atoms with Crippen LogP contribution in [0.5, 0.6) is 0 Å². The second-order valence-electron chi connectivity index (χ2n) is 5.13. The third-order valence-corrected chi connectivity index (χ3v) is 3.31. The summed E-state index contributed by atoms with van der Waals surface area (Å²) < 4.78 is 5.13. The smallest absolute Gasteiger partial charge is 0.132 e. The molecule has 1 heterocycles. The molecule has 0 unspecified atom stereocenters. The van der Waals surface area contributed by atoms with Crippen LogP contribution in [-0.2, 0) is 9.57 Å². The van der Waals surface area contributed by atoms with Crippen molar-refractivity contribution in [1.82, 2.24) is 4.90 Å². The SMILES string of the molecule is CC#C/C(=N\OC[C@@H]1CCCN1CCOC)C(C)C. The Kier molecular flexibility index (Phi) is 7.54. The zero-order valence-electron chi connectivity index (χ0n) is 12.6. The zero-order valence-corrected chi connectivity index (χ0v) is 12.6. The van der Waals surface area contributed by atoms with E-state index in [1.165, 1.54) is 12.8 Å². The van der Waals surface area contributed by atoms with Crippen LogP contribution in [0.3, 0.4) is 0 Å². The number of ether oxygens (including phenoxy) is 1. The highest BCUT2D eigenvalue weighted by Crippen LogP contribution is 2.17. The van der Waals surface area contributed by atoms with Crippen molar-refractivity contribution < 1.29 is 9.57 Å². The molecule has 0 aromatic heterocycles. The van der Waals surface area contributed by atoms with Gasteiger partial charge in [0.05, 0.1) is 6.61 Å². The van der Waals surface area contributed by atoms with Gasteiger partial charge in [0.25, 0.3) is 0 Å². The quantitative estimate of drug-likeness (QED) is 0.402. The molecular weight excluding hydrogens is 240 g/mol. The van der Waals surface area contributed by atoms with Gasteiger partial charge in [-0.05, 0) is 32.2 Å². The van der Waals surface area contributed by atoms with Gasteiger partial charge in [0.15, 0.2) is 0 Å². The molecule has 0 spiro atoms. The van der Waals surface area contributed by atoms with Gasteiger partial charge < -0.3 is 9.57 Å². The van der Waals surface area contributed by atoms with E-state index in [4.69, 9.17) is 9.57 Å². The van der Waals surface area contributed by atoms with E-state index >= 15 is 0 Å². The molecule has 0 amide bonds. The minimum atomic E-state index is 0.306. The maximum absolute atomic E-state index is 5.51. The Labute approximate surface area is 117 Å². The van der Waals surface area contributed by atoms with E-state index in [9.17, 15) is 0 Å². The Morgan fingerprint density at radius 1 is 1.47 bits per heavy atom. The van der Waals surface area contributed by atoms with Crippen LogP contribution in [-0.4, -0.2) is 50.1 Å². The van der Waals surface area contributed by atoms with E-state index in [0.29, 0.717) is 18.6 Å². The molecule has 108 valence electrons. The molecule has 0 saturated carbocycles. The normalized spacial score (nSPS) is 20.5. The molecule has 0 aliphatic carbocycles. The van der Waals surface area contributed by atoms with Gasteiger partial charge in [0.2, 0.25) is 0 Å². The fourth-order valence-electron chi connectivity index (χ4n) is 2.18. The first-order valence-electron chi connectivity index (χ1n) is 7.04. The number of hydrogen-bond acceptors (Lipinski definition) is 4. The summed E-state index contributed by atoms with van der Waals surface area (Å²) in [6.07, 6.45) is 2.41. The van der Waals surface area contributed by atoms with Crippen molar-refractivity contribution in [2.75, 3.05) is 33.4 Å². The highest BCUT2D eigenvalue weighted by atomic mass is 16.6. The fraction of sp³-hybridized carbons (Fsp3) is 0.800. The maximum Gasteiger partial charge on any atom is 0.132 e. The average Bonchev–Trinajstić information content (AvgIpc) is 2.82. The molecular formula is C15H26N2O2. The van der Waals surface area contributed by atoms with E-state index < -0.39 is 0 Å². The Hall–Kier alpha value is -1.05. The van der Waals surface area contributed by atoms with Crippen LogP contribution >= 0.6 is 0 Å². The van der Waals surface area contributed by atoms with Crippen molar-refractivity contribution >= 4 is 5.71 Å². The summed E-state index contributed by atoms with van der Waals surface area (Å²) in [6, 6.07) is 0.460. The van der Waals surface area contributed by atoms with Gasteiger partial charge in [-0.1, -0.05) is 24.9 Å². The number of hydrogen-bond donors (Lipinski definition) is 0. The molecule has 4 nitrogen and oxygen atoms in total. The summed E-state index contributed by atoms with van der Waals surface area (Å²) in [7, 11) is 1.74. The predicted octanol–water partition coefficient (Wildman–Crippen LogP) is 2.15. The molecule has 1 saturated heterocycles. The molecule has 4 heteroatoms. The molecule has 1 atom stereocenters. The van der Waals surface area contributed by atoms with Gasteiger partial charge in [-0.25, -0.2) is 0 Å². The number of methoxy groups -OCH3 is 1. The van der Waals surface area contributed by atoms with Crippen LogP contribution < -0.4 is 0 Å². The monoisotopic (exact) mass is 266 g/mol. The first-order chi connectivity index (χ1) is 9.19. The van der Waals surface area contributed by atoms with E-state index in [-0.39, 0.29) is 0 Å². The van der Waals surface area contributed by atoms with E-state index in [1.807, 2.05) is 6.92 Å². The van der Waals surface area contributed by atoms with Crippen molar-refractivity contribution in [2.24, 2.45) is 11.1 Å². The summed E-state index contributed by atoms with van der Waals surface area (Å²) in [5, 5.41) is 4.18. The zero-order chi connectivity index (χ0) is 14.1. The molecule has 0 N–H and O–H groups in total. The Morgan fingerprint density at radius 3 is 2.89 bits per heavy atom. The minimum Gasteiger partial charge on any atom is -0.393 e. The van der Waals surface area contributed by atoms with Gasteiger partial charge in [0.1, 0.15) is 12.3 Å². The van der Waals surface area contributed by atoms with Gasteiger partial charge in [-0.15, -0.1) is 0 Å². The second kappa shape index (κ2) is 8.95. The molecule has 1 rings (SSSR count). The summed E-state index contributed by atoms with van der Waals surface area (Å²) in [5.74, 6) is 6.18. The lowest BCUT2D eigenvalue weighted by atomic mass is 10.1. The Balaban J connectivity index is 2.41. The topological polar surface area (TPSA) is 34.1 Å². The molecule has 0 aromatic carbocycles. The van der Waals surface area contributed by atoms with Crippen LogP contribution in [0, 0.1) is 17.8 Å². The lowest BCUT2D eigenvalue weighted by molar-refractivity contribution is 0.0679. The van der Waals surface area contributed by atoms with E-state index in [0.717, 1.165) is 25.4 Å². The van der Waals surface area contributed by atoms with Crippen molar-refractivity contribution in [2.45, 2.75) is 39.7 Å². The summed E-state index contributed by atoms with van der Waals surface area (Å²) >= 11 is 0. The fourth-order valence-corrected chi connectivity index (χ4v) is 2.18. The van der Waals surface area contributed by atoms with Crippen molar-refractivity contribution in [3.05, 3.63) is 0 Å². The predicted molar refractivity (Wildman–Crippen MR) is 78.1 cm³/mol. The van der Waals surface area contributed by atoms with E-state index in [2.05, 4.69) is 35.7 Å². The van der Waals surface area contributed by atoms with Crippen LogP contribution in [0.15, 0.2) is 5.16 Å². The lowest BCUT2D eigenvalue weighted by Crippen LogP contribution is -2.35. The molecule has 1 aliphatic rings. The average molecular weight is 266 g/mol. The van der Waals surface area contributed by atoms with Crippen LogP contribution in [0.1, 0.15) is 33.6 Å². The number of oxime groups is 1. The first-order valence-corrected chi connectivity index (χ1v) is 7.04. The summed E-state index contributed by atoms with van der Waals surface area (Å²) in [5.41, 5.74) is 0.823. The van der Waals surface area contributed by atoms with Gasteiger partial charge in [0, 0.05) is 25.6 Å². The maximum atomic E-state index is 5.51. The standard InChI is InChI=1S/C15H26N2O2/c1-5-7-15(13(2)3)16-19-12-14-8-6-9-17(14)10-11-18-4/h13-14H,6,8-12H2,1-4H3/b16-15+/t14-/m0/s1. The highest BCUT2D eigenvalue weighted by molar-refractivity contribution is 6.01. The molecule has 0 radical (unpaired) electrons. The van der Waals surface area contributed by atoms with Crippen molar-refractivity contribution in [3.63, 3.8) is 0 Å². The third kappa shape index (κ3) is 5.63. The van der Waals surface area contributed by atoms with Gasteiger partial charge >= 0.3 is 0 Å². The summed E-state index contributed by atoms with van der Waals surface area (Å²) in [4.78, 5) is 7.92. The van der Waals surface area contributed by atoms with Crippen molar-refractivity contribution in [3.8, 4) is 11.8 Å². The minimum absolute atomic E-state index is 0.306. The van der Waals surface area contributed by atoms with Crippen LogP contribution in [0.25, 0.3) is 0 Å². The van der Waals surface area contributed by atoms with Crippen molar-refractivity contribution in [1.29, 1.82) is 0 Å². The molecule has 1 fully saturated rings.